The average molecular weight is 637 g/mol. The van der Waals surface area contributed by atoms with Crippen molar-refractivity contribution in [2.45, 2.75) is 168 Å². The molecule has 0 radical (unpaired) electrons. The van der Waals surface area contributed by atoms with Crippen LogP contribution >= 0.6 is 0 Å². The summed E-state index contributed by atoms with van der Waals surface area (Å²) in [4.78, 5) is 0. The maximum absolute atomic E-state index is 5.87. The third-order valence-electron chi connectivity index (χ3n) is 9.42. The Morgan fingerprint density at radius 2 is 0.804 bits per heavy atom. The van der Waals surface area contributed by atoms with E-state index in [1.165, 1.54) is 128 Å². The lowest BCUT2D eigenvalue weighted by atomic mass is 10.1. The van der Waals surface area contributed by atoms with Crippen LogP contribution in [0, 0.1) is 0 Å². The quantitative estimate of drug-likeness (QED) is 0.0588. The molecule has 6 heteroatoms. The van der Waals surface area contributed by atoms with Crippen LogP contribution in [0.15, 0.2) is 49.6 Å². The van der Waals surface area contributed by atoms with Gasteiger partial charge in [0.1, 0.15) is 49.4 Å². The Labute approximate surface area is 282 Å². The van der Waals surface area contributed by atoms with Gasteiger partial charge in [-0.3, -0.25) is 0 Å². The maximum Gasteiger partial charge on any atom is 0.244 e. The van der Waals surface area contributed by atoms with Crippen LogP contribution in [0.2, 0.25) is 0 Å². The van der Waals surface area contributed by atoms with E-state index in [1.54, 1.807) is 14.2 Å². The van der Waals surface area contributed by atoms with Crippen LogP contribution < -0.4 is 18.6 Å². The van der Waals surface area contributed by atoms with E-state index in [4.69, 9.17) is 9.47 Å². The number of rotatable bonds is 28. The fourth-order valence-electron chi connectivity index (χ4n) is 6.56. The topological polar surface area (TPSA) is 36.1 Å². The lowest BCUT2D eigenvalue weighted by Crippen LogP contribution is -2.33. The Hall–Kier alpha value is -2.76. The summed E-state index contributed by atoms with van der Waals surface area (Å²) in [7, 11) is 3.54. The average Bonchev–Trinajstić information content (AvgIpc) is 3.72. The zero-order valence-electron chi connectivity index (χ0n) is 30.2. The van der Waals surface area contributed by atoms with E-state index in [2.05, 4.69) is 81.7 Å². The minimum Gasteiger partial charge on any atom is -0.496 e. The first-order valence-corrected chi connectivity index (χ1v) is 19.0. The van der Waals surface area contributed by atoms with Gasteiger partial charge in [-0.15, -0.1) is 0 Å². The van der Waals surface area contributed by atoms with Crippen LogP contribution in [0.4, 0.5) is 0 Å². The summed E-state index contributed by atoms with van der Waals surface area (Å²) in [6, 6.07) is 4.31. The fourth-order valence-corrected chi connectivity index (χ4v) is 6.56. The van der Waals surface area contributed by atoms with Crippen LogP contribution in [0.1, 0.15) is 153 Å². The monoisotopic (exact) mass is 637 g/mol. The van der Waals surface area contributed by atoms with Crippen molar-refractivity contribution in [2.75, 3.05) is 14.2 Å². The van der Waals surface area contributed by atoms with Crippen molar-refractivity contribution < 1.29 is 18.6 Å². The number of hydrogen-bond donors (Lipinski definition) is 0. The highest BCUT2D eigenvalue weighted by atomic mass is 16.5. The van der Waals surface area contributed by atoms with Gasteiger partial charge in [-0.2, -0.15) is 0 Å². The second-order valence-electron chi connectivity index (χ2n) is 13.5. The summed E-state index contributed by atoms with van der Waals surface area (Å²) in [6.07, 6.45) is 40.6. The van der Waals surface area contributed by atoms with Crippen LogP contribution in [0.3, 0.4) is 0 Å². The van der Waals surface area contributed by atoms with Crippen molar-refractivity contribution in [1.29, 1.82) is 0 Å². The fraction of sp³-hybridized carbons (Fsp3) is 0.700. The van der Waals surface area contributed by atoms with Crippen LogP contribution in [-0.2, 0) is 26.2 Å². The molecule has 3 aromatic rings. The van der Waals surface area contributed by atoms with Gasteiger partial charge in [-0.05, 0) is 37.8 Å². The molecule has 0 aliphatic carbocycles. The third kappa shape index (κ3) is 14.8. The number of benzene rings is 1. The molecule has 0 saturated carbocycles. The van der Waals surface area contributed by atoms with Gasteiger partial charge < -0.3 is 9.47 Å². The van der Waals surface area contributed by atoms with Crippen LogP contribution in [0.5, 0.6) is 11.5 Å². The molecule has 1 aromatic carbocycles. The van der Waals surface area contributed by atoms with E-state index in [0.29, 0.717) is 0 Å². The molecule has 2 aromatic heterocycles. The molecule has 46 heavy (non-hydrogen) atoms. The highest BCUT2D eigenvalue weighted by Gasteiger charge is 2.17. The predicted molar refractivity (Wildman–Crippen MR) is 191 cm³/mol. The molecule has 0 aliphatic rings. The Bertz CT molecular complexity index is 1090. The van der Waals surface area contributed by atoms with Gasteiger partial charge in [0.15, 0.2) is 0 Å². The summed E-state index contributed by atoms with van der Waals surface area (Å²) in [5, 5.41) is 0. The lowest BCUT2D eigenvalue weighted by molar-refractivity contribution is -0.688. The number of nitrogens with zero attached hydrogens (tertiary/aromatic N) is 4. The molecule has 3 rings (SSSR count). The van der Waals surface area contributed by atoms with Crippen LogP contribution in [0.25, 0.3) is 0 Å². The molecule has 2 heterocycles. The third-order valence-corrected chi connectivity index (χ3v) is 9.42. The highest BCUT2D eigenvalue weighted by Crippen LogP contribution is 2.29. The molecule has 0 spiro atoms. The van der Waals surface area contributed by atoms with E-state index < -0.39 is 0 Å². The molecule has 0 amide bonds. The van der Waals surface area contributed by atoms with Crippen LogP contribution in [-0.4, -0.2) is 23.4 Å². The standard InChI is InChI=1S/C40H68N4O2/c1-5-7-9-11-13-15-17-19-21-23-25-41-27-29-43(35-41)33-37-31-40(46-4)38(32-39(37)45-3)34-44-30-28-42(36-44)26-24-22-20-18-16-14-12-10-8-6-2/h27-32,35-36H,5-26,33-34H2,1-4H3/q+2. The summed E-state index contributed by atoms with van der Waals surface area (Å²) in [5.41, 5.74) is 2.27. The molecule has 0 saturated heterocycles. The molecule has 258 valence electrons. The Kier molecular flexibility index (Phi) is 19.3. The second kappa shape index (κ2) is 23.5. The molecule has 0 unspecified atom stereocenters. The lowest BCUT2D eigenvalue weighted by Gasteiger charge is -2.13. The SMILES string of the molecule is CCCCCCCCCCCCn1cc[n+](Cc2cc(OC)c(C[n+]3ccn(CCCCCCCCCCCC)c3)cc2OC)c1. The van der Waals surface area contributed by atoms with Crippen molar-refractivity contribution in [3.05, 3.63) is 60.7 Å². The first-order chi connectivity index (χ1) is 22.7. The number of hydrogen-bond acceptors (Lipinski definition) is 2. The van der Waals surface area contributed by atoms with E-state index in [0.717, 1.165) is 48.8 Å². The van der Waals surface area contributed by atoms with Gasteiger partial charge in [0, 0.05) is 11.1 Å². The molecular formula is C40H68N4O2+2. The van der Waals surface area contributed by atoms with Gasteiger partial charge >= 0.3 is 0 Å². The zero-order chi connectivity index (χ0) is 32.7. The zero-order valence-corrected chi connectivity index (χ0v) is 30.2. The van der Waals surface area contributed by atoms with Gasteiger partial charge in [0.2, 0.25) is 12.7 Å². The van der Waals surface area contributed by atoms with Crippen molar-refractivity contribution in [1.82, 2.24) is 9.13 Å². The number of imidazole rings is 2. The van der Waals surface area contributed by atoms with Crippen molar-refractivity contribution in [2.24, 2.45) is 0 Å². The minimum absolute atomic E-state index is 0.757. The Morgan fingerprint density at radius 1 is 0.478 bits per heavy atom. The molecule has 0 N–H and O–H groups in total. The van der Waals surface area contributed by atoms with Gasteiger partial charge in [0.25, 0.3) is 0 Å². The van der Waals surface area contributed by atoms with Gasteiger partial charge in [-0.1, -0.05) is 117 Å². The number of ether oxygens (including phenoxy) is 2. The van der Waals surface area contributed by atoms with Crippen molar-refractivity contribution >= 4 is 0 Å². The van der Waals surface area contributed by atoms with Crippen molar-refractivity contribution in [3.63, 3.8) is 0 Å². The molecular weight excluding hydrogens is 568 g/mol. The number of aryl methyl sites for hydroxylation is 2. The maximum atomic E-state index is 5.87. The van der Waals surface area contributed by atoms with Gasteiger partial charge in [-0.25, -0.2) is 18.3 Å². The molecule has 0 bridgehead atoms. The smallest absolute Gasteiger partial charge is 0.244 e. The predicted octanol–water partition coefficient (Wildman–Crippen LogP) is 9.82. The van der Waals surface area contributed by atoms with E-state index >= 15 is 0 Å². The molecule has 0 aliphatic heterocycles. The summed E-state index contributed by atoms with van der Waals surface area (Å²) in [5.74, 6) is 1.83. The Balaban J connectivity index is 1.40. The first-order valence-electron chi connectivity index (χ1n) is 19.0. The highest BCUT2D eigenvalue weighted by molar-refractivity contribution is 5.46. The minimum atomic E-state index is 0.757. The van der Waals surface area contributed by atoms with E-state index in [-0.39, 0.29) is 0 Å². The normalized spacial score (nSPS) is 11.4. The first kappa shape index (κ1) is 37.7. The van der Waals surface area contributed by atoms with Crippen molar-refractivity contribution in [3.8, 4) is 11.5 Å². The number of methoxy groups -OCH3 is 2. The largest absolute Gasteiger partial charge is 0.496 e. The van der Waals surface area contributed by atoms with E-state index in [1.807, 2.05) is 0 Å². The molecule has 0 fully saturated rings. The number of unbranched alkanes of at least 4 members (excludes halogenated alkanes) is 18. The number of aromatic nitrogens is 4. The second-order valence-corrected chi connectivity index (χ2v) is 13.5. The Morgan fingerprint density at radius 3 is 1.13 bits per heavy atom. The van der Waals surface area contributed by atoms with E-state index in [9.17, 15) is 0 Å². The van der Waals surface area contributed by atoms with Gasteiger partial charge in [0.05, 0.1) is 27.3 Å². The molecule has 6 nitrogen and oxygen atoms in total. The molecule has 0 atom stereocenters. The summed E-state index contributed by atoms with van der Waals surface area (Å²) in [6.45, 7) is 8.25. The summed E-state index contributed by atoms with van der Waals surface area (Å²) < 4.78 is 20.9. The summed E-state index contributed by atoms with van der Waals surface area (Å²) >= 11 is 0.